The average Bonchev–Trinajstić information content (AvgIpc) is 2.58. The zero-order chi connectivity index (χ0) is 11.9. The molecule has 0 unspecified atom stereocenters. The Labute approximate surface area is 93.7 Å². The molecule has 0 saturated carbocycles. The van der Waals surface area contributed by atoms with Crippen LogP contribution in [0, 0.1) is 0 Å². The van der Waals surface area contributed by atoms with Crippen LogP contribution in [0.1, 0.15) is 36.9 Å². The lowest BCUT2D eigenvalue weighted by molar-refractivity contribution is 0.0665. The fourth-order valence-electron chi connectivity index (χ4n) is 1.82. The van der Waals surface area contributed by atoms with E-state index >= 15 is 0 Å². The van der Waals surface area contributed by atoms with Gasteiger partial charge in [-0.15, -0.1) is 0 Å². The third-order valence-corrected chi connectivity index (χ3v) is 2.58. The fourth-order valence-corrected chi connectivity index (χ4v) is 1.82. The van der Waals surface area contributed by atoms with Gasteiger partial charge in [0, 0.05) is 5.39 Å². The maximum Gasteiger partial charge on any atom is 0.371 e. The second-order valence-electron chi connectivity index (χ2n) is 4.88. The van der Waals surface area contributed by atoms with Gasteiger partial charge < -0.3 is 9.52 Å². The van der Waals surface area contributed by atoms with Crippen molar-refractivity contribution in [1.82, 2.24) is 0 Å². The maximum absolute atomic E-state index is 10.8. The molecule has 0 atom stereocenters. The van der Waals surface area contributed by atoms with Crippen molar-refractivity contribution in [3.05, 3.63) is 35.6 Å². The van der Waals surface area contributed by atoms with E-state index in [0.717, 1.165) is 10.9 Å². The van der Waals surface area contributed by atoms with Crippen molar-refractivity contribution in [3.8, 4) is 0 Å². The third kappa shape index (κ3) is 1.69. The number of carboxylic acid groups (broad SMARTS) is 1. The Balaban J connectivity index is 2.73. The van der Waals surface area contributed by atoms with E-state index < -0.39 is 5.97 Å². The van der Waals surface area contributed by atoms with E-state index in [9.17, 15) is 4.79 Å². The minimum absolute atomic E-state index is 0.00769. The second-order valence-corrected chi connectivity index (χ2v) is 4.88. The number of fused-ring (bicyclic) bond motifs is 1. The van der Waals surface area contributed by atoms with Crippen molar-refractivity contribution in [2.24, 2.45) is 0 Å². The molecule has 3 nitrogen and oxygen atoms in total. The van der Waals surface area contributed by atoms with Crippen LogP contribution in [0.4, 0.5) is 0 Å². The Morgan fingerprint density at radius 2 is 2.00 bits per heavy atom. The van der Waals surface area contributed by atoms with E-state index in [1.165, 1.54) is 0 Å². The number of rotatable bonds is 1. The molecule has 0 spiro atoms. The van der Waals surface area contributed by atoms with Gasteiger partial charge in [0.05, 0.1) is 0 Å². The first kappa shape index (κ1) is 10.7. The summed E-state index contributed by atoms with van der Waals surface area (Å²) >= 11 is 0. The minimum atomic E-state index is -1.03. The van der Waals surface area contributed by atoms with E-state index in [1.54, 1.807) is 12.1 Å². The van der Waals surface area contributed by atoms with E-state index in [0.29, 0.717) is 5.58 Å². The van der Waals surface area contributed by atoms with Crippen LogP contribution < -0.4 is 0 Å². The first-order valence-electron chi connectivity index (χ1n) is 5.16. The van der Waals surface area contributed by atoms with E-state index in [-0.39, 0.29) is 11.2 Å². The molecule has 0 bridgehead atoms. The summed E-state index contributed by atoms with van der Waals surface area (Å²) in [4.78, 5) is 10.8. The molecular weight excluding hydrogens is 204 g/mol. The van der Waals surface area contributed by atoms with Crippen molar-refractivity contribution in [2.75, 3.05) is 0 Å². The molecule has 3 heteroatoms. The van der Waals surface area contributed by atoms with Gasteiger partial charge in [0.2, 0.25) is 5.76 Å². The van der Waals surface area contributed by atoms with Gasteiger partial charge in [0.25, 0.3) is 0 Å². The van der Waals surface area contributed by atoms with Crippen LogP contribution in [0.15, 0.2) is 28.7 Å². The van der Waals surface area contributed by atoms with Crippen LogP contribution in [0.5, 0.6) is 0 Å². The predicted octanol–water partition coefficient (Wildman–Crippen LogP) is 3.43. The van der Waals surface area contributed by atoms with Gasteiger partial charge in [0.15, 0.2) is 0 Å². The lowest BCUT2D eigenvalue weighted by atomic mass is 9.85. The number of hydrogen-bond donors (Lipinski definition) is 1. The standard InChI is InChI=1S/C13H14O3/c1-13(2,3)9-5-4-6-10-8(9)7-11(16-10)12(14)15/h4-7H,1-3H3,(H,14,15). The summed E-state index contributed by atoms with van der Waals surface area (Å²) in [6.07, 6.45) is 0. The molecule has 16 heavy (non-hydrogen) atoms. The van der Waals surface area contributed by atoms with Crippen molar-refractivity contribution in [1.29, 1.82) is 0 Å². The van der Waals surface area contributed by atoms with Crippen molar-refractivity contribution in [3.63, 3.8) is 0 Å². The lowest BCUT2D eigenvalue weighted by Crippen LogP contribution is -2.10. The molecule has 1 aromatic carbocycles. The van der Waals surface area contributed by atoms with Crippen molar-refractivity contribution >= 4 is 16.9 Å². The SMILES string of the molecule is CC(C)(C)c1cccc2oc(C(=O)O)cc12. The number of aromatic carboxylic acids is 1. The molecule has 2 aromatic rings. The largest absolute Gasteiger partial charge is 0.475 e. The summed E-state index contributed by atoms with van der Waals surface area (Å²) in [6.45, 7) is 6.28. The summed E-state index contributed by atoms with van der Waals surface area (Å²) in [5, 5.41) is 9.77. The summed E-state index contributed by atoms with van der Waals surface area (Å²) in [7, 11) is 0. The first-order chi connectivity index (χ1) is 7.39. The van der Waals surface area contributed by atoms with E-state index in [1.807, 2.05) is 12.1 Å². The molecule has 1 aromatic heterocycles. The predicted molar refractivity (Wildman–Crippen MR) is 61.9 cm³/mol. The molecule has 0 aliphatic carbocycles. The van der Waals surface area contributed by atoms with Gasteiger partial charge in [-0.05, 0) is 23.1 Å². The molecule has 0 radical (unpaired) electrons. The number of furan rings is 1. The monoisotopic (exact) mass is 218 g/mol. The molecular formula is C13H14O3. The Morgan fingerprint density at radius 3 is 2.56 bits per heavy atom. The molecule has 0 aliphatic rings. The highest BCUT2D eigenvalue weighted by Crippen LogP contribution is 2.31. The van der Waals surface area contributed by atoms with Gasteiger partial charge in [-0.3, -0.25) is 0 Å². The number of carbonyl (C=O) groups is 1. The highest BCUT2D eigenvalue weighted by Gasteiger charge is 2.20. The summed E-state index contributed by atoms with van der Waals surface area (Å²) in [5.74, 6) is -1.04. The highest BCUT2D eigenvalue weighted by molar-refractivity contribution is 5.93. The molecule has 1 heterocycles. The Kier molecular flexibility index (Phi) is 2.26. The zero-order valence-corrected chi connectivity index (χ0v) is 9.57. The smallest absolute Gasteiger partial charge is 0.371 e. The number of carboxylic acids is 1. The van der Waals surface area contributed by atoms with Crippen molar-refractivity contribution in [2.45, 2.75) is 26.2 Å². The average molecular weight is 218 g/mol. The topological polar surface area (TPSA) is 50.4 Å². The molecule has 84 valence electrons. The number of hydrogen-bond acceptors (Lipinski definition) is 2. The highest BCUT2D eigenvalue weighted by atomic mass is 16.4. The molecule has 2 rings (SSSR count). The Bertz CT molecular complexity index is 544. The van der Waals surface area contributed by atoms with Crippen LogP contribution in [0.2, 0.25) is 0 Å². The second kappa shape index (κ2) is 3.37. The van der Waals surface area contributed by atoms with Crippen molar-refractivity contribution < 1.29 is 14.3 Å². The van der Waals surface area contributed by atoms with Crippen LogP contribution in [0.25, 0.3) is 11.0 Å². The molecule has 0 aliphatic heterocycles. The zero-order valence-electron chi connectivity index (χ0n) is 9.57. The Morgan fingerprint density at radius 1 is 1.31 bits per heavy atom. The van der Waals surface area contributed by atoms with Crippen LogP contribution in [-0.4, -0.2) is 11.1 Å². The molecule has 0 fully saturated rings. The van der Waals surface area contributed by atoms with Gasteiger partial charge in [-0.1, -0.05) is 32.9 Å². The lowest BCUT2D eigenvalue weighted by Gasteiger charge is -2.19. The molecule has 0 amide bonds. The summed E-state index contributed by atoms with van der Waals surface area (Å²) in [6, 6.07) is 7.27. The molecule has 0 saturated heterocycles. The Hall–Kier alpha value is -1.77. The fraction of sp³-hybridized carbons (Fsp3) is 0.308. The van der Waals surface area contributed by atoms with Gasteiger partial charge in [0.1, 0.15) is 5.58 Å². The normalized spacial score (nSPS) is 11.9. The summed E-state index contributed by atoms with van der Waals surface area (Å²) < 4.78 is 5.27. The minimum Gasteiger partial charge on any atom is -0.475 e. The number of benzene rings is 1. The van der Waals surface area contributed by atoms with E-state index in [2.05, 4.69) is 20.8 Å². The van der Waals surface area contributed by atoms with Gasteiger partial charge >= 0.3 is 5.97 Å². The maximum atomic E-state index is 10.8. The van der Waals surface area contributed by atoms with E-state index in [4.69, 9.17) is 9.52 Å². The third-order valence-electron chi connectivity index (χ3n) is 2.58. The molecule has 1 N–H and O–H groups in total. The van der Waals surface area contributed by atoms with Gasteiger partial charge in [-0.2, -0.15) is 0 Å². The summed E-state index contributed by atoms with van der Waals surface area (Å²) in [5.41, 5.74) is 1.70. The van der Waals surface area contributed by atoms with Gasteiger partial charge in [-0.25, -0.2) is 4.79 Å². The van der Waals surface area contributed by atoms with Crippen LogP contribution >= 0.6 is 0 Å². The quantitative estimate of drug-likeness (QED) is 0.797. The van der Waals surface area contributed by atoms with Crippen LogP contribution in [0.3, 0.4) is 0 Å². The first-order valence-corrected chi connectivity index (χ1v) is 5.16. The van der Waals surface area contributed by atoms with Crippen LogP contribution in [-0.2, 0) is 5.41 Å².